The van der Waals surface area contributed by atoms with Crippen LogP contribution in [0.1, 0.15) is 43.2 Å². The van der Waals surface area contributed by atoms with Crippen molar-refractivity contribution < 1.29 is 22.7 Å². The predicted molar refractivity (Wildman–Crippen MR) is 140 cm³/mol. The molecule has 1 aromatic carbocycles. The highest BCUT2D eigenvalue weighted by atomic mass is 32.2. The lowest BCUT2D eigenvalue weighted by Crippen LogP contribution is -2.54. The molecule has 0 bridgehead atoms. The molecule has 1 amide bonds. The lowest BCUT2D eigenvalue weighted by molar-refractivity contribution is -0.138. The quantitative estimate of drug-likeness (QED) is 0.520. The first-order valence-electron chi connectivity index (χ1n) is 13.4. The second kappa shape index (κ2) is 11.8. The molecule has 2 unspecified atom stereocenters. The van der Waals surface area contributed by atoms with Crippen LogP contribution in [0.25, 0.3) is 0 Å². The lowest BCUT2D eigenvalue weighted by Gasteiger charge is -2.42. The van der Waals surface area contributed by atoms with Crippen LogP contribution in [0.4, 0.5) is 0 Å². The number of methoxy groups -OCH3 is 1. The topological polar surface area (TPSA) is 79.4 Å². The van der Waals surface area contributed by atoms with Gasteiger partial charge < -0.3 is 19.3 Å². The number of amides is 1. The Morgan fingerprint density at radius 1 is 0.972 bits per heavy atom. The van der Waals surface area contributed by atoms with Gasteiger partial charge >= 0.3 is 0 Å². The summed E-state index contributed by atoms with van der Waals surface area (Å²) in [6.45, 7) is 9.60. The molecule has 2 saturated heterocycles. The number of piperidine rings is 1. The number of aryl methyl sites for hydroxylation is 2. The second-order valence-corrected chi connectivity index (χ2v) is 12.9. The maximum absolute atomic E-state index is 13.6. The standard InChI is InChI=1S/C27H43N3O5S/c1-20-16-24(34-4)17-21(2)27(20)36(32,33)25-7-5-6-22(25)18-35-19-26(31)30-14-12-29(13-15-30)23-8-10-28(3)11-9-23/h16-17,22-23,25H,5-15,18-19H2,1-4H3. The highest BCUT2D eigenvalue weighted by Crippen LogP contribution is 2.38. The molecule has 1 aromatic rings. The molecule has 3 fully saturated rings. The molecule has 2 aliphatic heterocycles. The van der Waals surface area contributed by atoms with E-state index in [4.69, 9.17) is 9.47 Å². The van der Waals surface area contributed by atoms with Crippen LogP contribution in [-0.4, -0.2) is 107 Å². The Morgan fingerprint density at radius 2 is 1.61 bits per heavy atom. The summed E-state index contributed by atoms with van der Waals surface area (Å²) in [5.41, 5.74) is 1.43. The Bertz CT molecular complexity index is 991. The number of piperazine rings is 1. The fourth-order valence-electron chi connectivity index (χ4n) is 6.32. The number of ether oxygens (including phenoxy) is 2. The van der Waals surface area contributed by atoms with Crippen LogP contribution in [0.5, 0.6) is 5.75 Å². The number of carbonyl (C=O) groups excluding carboxylic acids is 1. The summed E-state index contributed by atoms with van der Waals surface area (Å²) >= 11 is 0. The van der Waals surface area contributed by atoms with Crippen LogP contribution < -0.4 is 4.74 Å². The number of sulfone groups is 1. The molecule has 1 aliphatic carbocycles. The zero-order chi connectivity index (χ0) is 25.9. The highest BCUT2D eigenvalue weighted by molar-refractivity contribution is 7.92. The molecular weight excluding hydrogens is 478 g/mol. The summed E-state index contributed by atoms with van der Waals surface area (Å²) < 4.78 is 38.4. The van der Waals surface area contributed by atoms with Gasteiger partial charge in [-0.25, -0.2) is 8.42 Å². The SMILES string of the molecule is COc1cc(C)c(S(=O)(=O)C2CCCC2COCC(=O)N2CCN(C3CCN(C)CC3)CC2)c(C)c1. The Morgan fingerprint density at radius 3 is 2.22 bits per heavy atom. The van der Waals surface area contributed by atoms with Crippen molar-refractivity contribution in [2.45, 2.75) is 62.1 Å². The van der Waals surface area contributed by atoms with Crippen molar-refractivity contribution >= 4 is 15.7 Å². The molecule has 1 saturated carbocycles. The number of nitrogens with zero attached hydrogens (tertiary/aromatic N) is 3. The fourth-order valence-corrected chi connectivity index (χ4v) is 8.83. The van der Waals surface area contributed by atoms with Gasteiger partial charge in [-0.15, -0.1) is 0 Å². The van der Waals surface area contributed by atoms with E-state index in [1.807, 2.05) is 18.7 Å². The first-order valence-corrected chi connectivity index (χ1v) is 14.9. The zero-order valence-electron chi connectivity index (χ0n) is 22.4. The van der Waals surface area contributed by atoms with Gasteiger partial charge in [0.1, 0.15) is 12.4 Å². The molecule has 202 valence electrons. The van der Waals surface area contributed by atoms with Gasteiger partial charge in [-0.05, 0) is 88.8 Å². The van der Waals surface area contributed by atoms with Gasteiger partial charge in [0.2, 0.25) is 5.91 Å². The minimum absolute atomic E-state index is 0.0114. The van der Waals surface area contributed by atoms with E-state index in [0.29, 0.717) is 40.8 Å². The third kappa shape index (κ3) is 6.06. The summed E-state index contributed by atoms with van der Waals surface area (Å²) in [7, 11) is 0.259. The van der Waals surface area contributed by atoms with Gasteiger partial charge in [0.25, 0.3) is 0 Å². The van der Waals surface area contributed by atoms with E-state index in [0.717, 1.165) is 52.1 Å². The van der Waals surface area contributed by atoms with E-state index in [2.05, 4.69) is 16.8 Å². The summed E-state index contributed by atoms with van der Waals surface area (Å²) in [4.78, 5) is 20.0. The Balaban J connectivity index is 1.27. The third-order valence-electron chi connectivity index (χ3n) is 8.37. The van der Waals surface area contributed by atoms with Crippen molar-refractivity contribution in [1.82, 2.24) is 14.7 Å². The van der Waals surface area contributed by atoms with Gasteiger partial charge in [-0.2, -0.15) is 0 Å². The van der Waals surface area contributed by atoms with E-state index in [1.165, 1.54) is 12.8 Å². The number of hydrogen-bond acceptors (Lipinski definition) is 7. The Labute approximate surface area is 216 Å². The maximum Gasteiger partial charge on any atom is 0.248 e. The Hall–Kier alpha value is -1.68. The number of rotatable bonds is 8. The molecule has 9 heteroatoms. The third-order valence-corrected chi connectivity index (χ3v) is 11.0. The smallest absolute Gasteiger partial charge is 0.248 e. The largest absolute Gasteiger partial charge is 0.497 e. The molecule has 36 heavy (non-hydrogen) atoms. The van der Waals surface area contributed by atoms with Crippen molar-refractivity contribution in [2.75, 3.05) is 66.6 Å². The molecule has 0 spiro atoms. The Kier molecular flexibility index (Phi) is 8.96. The summed E-state index contributed by atoms with van der Waals surface area (Å²) in [6, 6.07) is 4.20. The van der Waals surface area contributed by atoms with E-state index in [-0.39, 0.29) is 18.4 Å². The van der Waals surface area contributed by atoms with Crippen molar-refractivity contribution in [2.24, 2.45) is 5.92 Å². The number of carbonyl (C=O) groups is 1. The molecule has 0 N–H and O–H groups in total. The number of likely N-dealkylation sites (tertiary alicyclic amines) is 1. The average Bonchev–Trinajstić information content (AvgIpc) is 3.33. The van der Waals surface area contributed by atoms with Gasteiger partial charge in [0, 0.05) is 32.2 Å². The van der Waals surface area contributed by atoms with Crippen molar-refractivity contribution in [3.63, 3.8) is 0 Å². The molecule has 0 aromatic heterocycles. The summed E-state index contributed by atoms with van der Waals surface area (Å²) in [5.74, 6) is 0.586. The van der Waals surface area contributed by atoms with Crippen molar-refractivity contribution in [3.05, 3.63) is 23.3 Å². The van der Waals surface area contributed by atoms with Crippen LogP contribution >= 0.6 is 0 Å². The minimum atomic E-state index is -3.51. The molecule has 2 atom stereocenters. The minimum Gasteiger partial charge on any atom is -0.497 e. The fraction of sp³-hybridized carbons (Fsp3) is 0.741. The average molecular weight is 522 g/mol. The van der Waals surface area contributed by atoms with E-state index < -0.39 is 15.1 Å². The highest BCUT2D eigenvalue weighted by Gasteiger charge is 2.40. The second-order valence-electron chi connectivity index (χ2n) is 10.8. The first kappa shape index (κ1) is 27.4. The van der Waals surface area contributed by atoms with Gasteiger partial charge in [0.05, 0.1) is 23.9 Å². The van der Waals surface area contributed by atoms with E-state index in [9.17, 15) is 13.2 Å². The summed E-state index contributed by atoms with van der Waals surface area (Å²) in [5, 5.41) is -0.475. The number of benzene rings is 1. The van der Waals surface area contributed by atoms with Crippen LogP contribution in [0.15, 0.2) is 17.0 Å². The number of hydrogen-bond donors (Lipinski definition) is 0. The van der Waals surface area contributed by atoms with E-state index in [1.54, 1.807) is 19.2 Å². The van der Waals surface area contributed by atoms with Crippen LogP contribution in [0, 0.1) is 19.8 Å². The van der Waals surface area contributed by atoms with Crippen molar-refractivity contribution in [1.29, 1.82) is 0 Å². The molecule has 3 aliphatic rings. The van der Waals surface area contributed by atoms with Crippen LogP contribution in [0.2, 0.25) is 0 Å². The maximum atomic E-state index is 13.6. The van der Waals surface area contributed by atoms with Crippen LogP contribution in [0.3, 0.4) is 0 Å². The first-order chi connectivity index (χ1) is 17.2. The van der Waals surface area contributed by atoms with Gasteiger partial charge in [-0.1, -0.05) is 6.42 Å². The molecule has 4 rings (SSSR count). The zero-order valence-corrected chi connectivity index (χ0v) is 23.2. The van der Waals surface area contributed by atoms with Crippen LogP contribution in [-0.2, 0) is 19.4 Å². The molecule has 8 nitrogen and oxygen atoms in total. The monoisotopic (exact) mass is 521 g/mol. The predicted octanol–water partition coefficient (Wildman–Crippen LogP) is 2.51. The summed E-state index contributed by atoms with van der Waals surface area (Å²) in [6.07, 6.45) is 4.71. The molecule has 0 radical (unpaired) electrons. The van der Waals surface area contributed by atoms with Gasteiger partial charge in [-0.3, -0.25) is 9.69 Å². The normalized spacial score (nSPS) is 24.8. The molecular formula is C27H43N3O5S. The lowest BCUT2D eigenvalue weighted by atomic mass is 10.0. The van der Waals surface area contributed by atoms with E-state index >= 15 is 0 Å². The molecule has 2 heterocycles. The van der Waals surface area contributed by atoms with Crippen molar-refractivity contribution in [3.8, 4) is 5.75 Å². The van der Waals surface area contributed by atoms with Gasteiger partial charge in [0.15, 0.2) is 9.84 Å².